The van der Waals surface area contributed by atoms with Crippen molar-refractivity contribution >= 4 is 13.8 Å². The van der Waals surface area contributed by atoms with Crippen LogP contribution in [0.15, 0.2) is 0 Å². The Labute approximate surface area is 69.4 Å². The molecule has 1 unspecified atom stereocenters. The summed E-state index contributed by atoms with van der Waals surface area (Å²) in [6, 6.07) is 0. The monoisotopic (exact) mass is 156 g/mol. The third-order valence-electron chi connectivity index (χ3n) is 2.00. The van der Waals surface area contributed by atoms with E-state index in [-0.39, 0.29) is 5.92 Å². The van der Waals surface area contributed by atoms with Gasteiger partial charge in [-0.2, -0.15) is 0 Å². The molecule has 0 radical (unpaired) electrons. The van der Waals surface area contributed by atoms with E-state index in [0.29, 0.717) is 0 Å². The van der Waals surface area contributed by atoms with Gasteiger partial charge in [0, 0.05) is 5.92 Å². The van der Waals surface area contributed by atoms with Gasteiger partial charge in [0.25, 0.3) is 0 Å². The lowest BCUT2D eigenvalue weighted by atomic mass is 9.87. The van der Waals surface area contributed by atoms with Crippen molar-refractivity contribution in [3.05, 3.63) is 0 Å². The molecule has 1 atom stereocenters. The van der Waals surface area contributed by atoms with Crippen LogP contribution in [0.2, 0.25) is 6.32 Å². The summed E-state index contributed by atoms with van der Waals surface area (Å²) in [5.41, 5.74) is 0. The van der Waals surface area contributed by atoms with E-state index in [2.05, 4.69) is 6.92 Å². The highest BCUT2D eigenvalue weighted by molar-refractivity contribution is 6.10. The van der Waals surface area contributed by atoms with E-state index in [1.165, 1.54) is 0 Å². The van der Waals surface area contributed by atoms with E-state index in [4.69, 9.17) is 5.11 Å². The van der Waals surface area contributed by atoms with Crippen molar-refractivity contribution in [2.24, 2.45) is 5.92 Å². The van der Waals surface area contributed by atoms with Gasteiger partial charge >= 0.3 is 5.97 Å². The van der Waals surface area contributed by atoms with Crippen molar-refractivity contribution in [1.82, 2.24) is 0 Å². The average Bonchev–Trinajstić information content (AvgIpc) is 1.97. The number of rotatable bonds is 6. The second-order valence-electron chi connectivity index (χ2n) is 2.94. The zero-order chi connectivity index (χ0) is 8.69. The Morgan fingerprint density at radius 2 is 2.18 bits per heavy atom. The van der Waals surface area contributed by atoms with Crippen molar-refractivity contribution in [2.75, 3.05) is 0 Å². The standard InChI is InChI=1S/C8H17BO2/c1-2-3-4-5-7(6-9)8(10)11/h7H,2-6,9H2,1H3,(H,10,11). The number of hydrogen-bond donors (Lipinski definition) is 1. The summed E-state index contributed by atoms with van der Waals surface area (Å²) >= 11 is 0. The lowest BCUT2D eigenvalue weighted by Gasteiger charge is -2.07. The molecule has 0 aromatic heterocycles. The molecule has 0 aliphatic carbocycles. The Morgan fingerprint density at radius 3 is 2.55 bits per heavy atom. The Bertz CT molecular complexity index is 115. The van der Waals surface area contributed by atoms with Crippen LogP contribution in [-0.2, 0) is 4.79 Å². The van der Waals surface area contributed by atoms with Gasteiger partial charge in [0.05, 0.1) is 0 Å². The predicted octanol–water partition coefficient (Wildman–Crippen LogP) is 1.32. The first-order valence-corrected chi connectivity index (χ1v) is 4.45. The highest BCUT2D eigenvalue weighted by Crippen LogP contribution is 2.12. The Morgan fingerprint density at radius 1 is 1.55 bits per heavy atom. The number of aliphatic carboxylic acids is 1. The molecular weight excluding hydrogens is 139 g/mol. The van der Waals surface area contributed by atoms with Crippen LogP contribution in [-0.4, -0.2) is 18.9 Å². The van der Waals surface area contributed by atoms with E-state index in [1.807, 2.05) is 7.85 Å². The quantitative estimate of drug-likeness (QED) is 0.465. The SMILES string of the molecule is BCC(CCCCC)C(=O)O. The minimum Gasteiger partial charge on any atom is -0.481 e. The topological polar surface area (TPSA) is 37.3 Å². The second kappa shape index (κ2) is 6.26. The molecule has 0 heterocycles. The zero-order valence-corrected chi connectivity index (χ0v) is 7.47. The molecule has 0 saturated heterocycles. The van der Waals surface area contributed by atoms with Crippen molar-refractivity contribution < 1.29 is 9.90 Å². The van der Waals surface area contributed by atoms with Crippen molar-refractivity contribution in [2.45, 2.75) is 38.9 Å². The predicted molar refractivity (Wildman–Crippen MR) is 48.6 cm³/mol. The van der Waals surface area contributed by atoms with Gasteiger partial charge in [0.2, 0.25) is 0 Å². The maximum atomic E-state index is 10.5. The Balaban J connectivity index is 3.44. The summed E-state index contributed by atoms with van der Waals surface area (Å²) in [4.78, 5) is 10.5. The lowest BCUT2D eigenvalue weighted by Crippen LogP contribution is -2.12. The van der Waals surface area contributed by atoms with Crippen LogP contribution in [0.5, 0.6) is 0 Å². The summed E-state index contributed by atoms with van der Waals surface area (Å²) in [6.45, 7) is 2.13. The minimum atomic E-state index is -0.636. The fourth-order valence-corrected chi connectivity index (χ4v) is 1.14. The first-order valence-electron chi connectivity index (χ1n) is 4.45. The van der Waals surface area contributed by atoms with Crippen molar-refractivity contribution in [3.8, 4) is 0 Å². The molecule has 11 heavy (non-hydrogen) atoms. The van der Waals surface area contributed by atoms with Gasteiger partial charge in [-0.05, 0) is 6.42 Å². The van der Waals surface area contributed by atoms with E-state index in [1.54, 1.807) is 0 Å². The van der Waals surface area contributed by atoms with Crippen LogP contribution >= 0.6 is 0 Å². The first kappa shape index (κ1) is 10.5. The van der Waals surface area contributed by atoms with Crippen molar-refractivity contribution in [3.63, 3.8) is 0 Å². The molecule has 1 N–H and O–H groups in total. The molecule has 0 fully saturated rings. The average molecular weight is 156 g/mol. The van der Waals surface area contributed by atoms with Gasteiger partial charge in [-0.3, -0.25) is 4.79 Å². The summed E-state index contributed by atoms with van der Waals surface area (Å²) in [5, 5.41) is 8.67. The maximum absolute atomic E-state index is 10.5. The van der Waals surface area contributed by atoms with Gasteiger partial charge < -0.3 is 5.11 Å². The van der Waals surface area contributed by atoms with Gasteiger partial charge in [-0.25, -0.2) is 0 Å². The third kappa shape index (κ3) is 4.88. The van der Waals surface area contributed by atoms with Crippen LogP contribution in [0.4, 0.5) is 0 Å². The molecule has 64 valence electrons. The van der Waals surface area contributed by atoms with Crippen LogP contribution < -0.4 is 0 Å². The number of carbonyl (C=O) groups is 1. The normalized spacial score (nSPS) is 12.8. The van der Waals surface area contributed by atoms with Gasteiger partial charge in [-0.15, -0.1) is 0 Å². The molecule has 0 aliphatic rings. The molecule has 0 aromatic rings. The maximum Gasteiger partial charge on any atom is 0.305 e. The van der Waals surface area contributed by atoms with Crippen LogP contribution in [0, 0.1) is 5.92 Å². The molecule has 0 rings (SSSR count). The molecular formula is C8H17BO2. The molecule has 0 aliphatic heterocycles. The molecule has 2 nitrogen and oxygen atoms in total. The van der Waals surface area contributed by atoms with Crippen molar-refractivity contribution in [1.29, 1.82) is 0 Å². The Kier molecular flexibility index (Phi) is 5.99. The highest BCUT2D eigenvalue weighted by Gasteiger charge is 2.13. The van der Waals surface area contributed by atoms with Gasteiger partial charge in [0.15, 0.2) is 0 Å². The molecule has 0 bridgehead atoms. The highest BCUT2D eigenvalue weighted by atomic mass is 16.4. The molecule has 0 saturated carbocycles. The summed E-state index contributed by atoms with van der Waals surface area (Å²) < 4.78 is 0. The fourth-order valence-electron chi connectivity index (χ4n) is 1.14. The number of hydrogen-bond acceptors (Lipinski definition) is 1. The second-order valence-corrected chi connectivity index (χ2v) is 2.94. The van der Waals surface area contributed by atoms with E-state index < -0.39 is 5.97 Å². The fraction of sp³-hybridized carbons (Fsp3) is 0.875. The number of carboxylic acids is 1. The number of carboxylic acid groups (broad SMARTS) is 1. The lowest BCUT2D eigenvalue weighted by molar-refractivity contribution is -0.141. The van der Waals surface area contributed by atoms with E-state index >= 15 is 0 Å². The summed E-state index contributed by atoms with van der Waals surface area (Å²) in [6.07, 6.45) is 4.99. The van der Waals surface area contributed by atoms with E-state index in [0.717, 1.165) is 32.0 Å². The first-order chi connectivity index (χ1) is 5.22. The van der Waals surface area contributed by atoms with Crippen LogP contribution in [0.3, 0.4) is 0 Å². The Hall–Kier alpha value is -0.465. The van der Waals surface area contributed by atoms with E-state index in [9.17, 15) is 4.79 Å². The van der Waals surface area contributed by atoms with Gasteiger partial charge in [0.1, 0.15) is 7.85 Å². The third-order valence-corrected chi connectivity index (χ3v) is 2.00. The minimum absolute atomic E-state index is 0.110. The molecule has 0 aromatic carbocycles. The zero-order valence-electron chi connectivity index (χ0n) is 7.47. The molecule has 0 spiro atoms. The largest absolute Gasteiger partial charge is 0.481 e. The van der Waals surface area contributed by atoms with Crippen LogP contribution in [0.1, 0.15) is 32.6 Å². The number of unbranched alkanes of at least 4 members (excludes halogenated alkanes) is 2. The summed E-state index contributed by atoms with van der Waals surface area (Å²) in [7, 11) is 1.94. The summed E-state index contributed by atoms with van der Waals surface area (Å²) in [5.74, 6) is -0.745. The molecule has 3 heteroatoms. The molecule has 0 amide bonds. The van der Waals surface area contributed by atoms with Crippen LogP contribution in [0.25, 0.3) is 0 Å². The smallest absolute Gasteiger partial charge is 0.305 e. The van der Waals surface area contributed by atoms with Gasteiger partial charge in [-0.1, -0.05) is 32.5 Å².